The zero-order chi connectivity index (χ0) is 12.7. The summed E-state index contributed by atoms with van der Waals surface area (Å²) in [5.74, 6) is 1.22. The lowest BCUT2D eigenvalue weighted by Gasteiger charge is -2.25. The van der Waals surface area contributed by atoms with Crippen LogP contribution in [0.5, 0.6) is 0 Å². The van der Waals surface area contributed by atoms with Gasteiger partial charge in [0.1, 0.15) is 0 Å². The molecule has 0 fully saturated rings. The third kappa shape index (κ3) is 5.37. The molecule has 0 saturated heterocycles. The normalized spacial score (nSPS) is 10.2. The number of carboxylic acid groups (broad SMARTS) is 1. The fraction of sp³-hybridized carbons (Fsp3) is 0.636. The van der Waals surface area contributed by atoms with Crippen molar-refractivity contribution in [3.05, 3.63) is 0 Å². The van der Waals surface area contributed by atoms with Gasteiger partial charge in [0, 0.05) is 13.1 Å². The Bertz CT molecular complexity index is 294. The van der Waals surface area contributed by atoms with E-state index in [0.717, 1.165) is 0 Å². The highest BCUT2D eigenvalue weighted by Crippen LogP contribution is 1.97. The molecular formula is C11H18N2O3. The minimum atomic E-state index is -0.991. The summed E-state index contributed by atoms with van der Waals surface area (Å²) in [4.78, 5) is 25.2. The summed E-state index contributed by atoms with van der Waals surface area (Å²) in [5.41, 5.74) is 0. The van der Waals surface area contributed by atoms with E-state index in [0.29, 0.717) is 0 Å². The third-order valence-electron chi connectivity index (χ3n) is 2.20. The average molecular weight is 226 g/mol. The van der Waals surface area contributed by atoms with Gasteiger partial charge in [-0.25, -0.2) is 0 Å². The van der Waals surface area contributed by atoms with Crippen molar-refractivity contribution < 1.29 is 14.7 Å². The quantitative estimate of drug-likeness (QED) is 0.641. The van der Waals surface area contributed by atoms with Crippen molar-refractivity contribution in [3.8, 4) is 12.3 Å². The molecule has 0 aliphatic heterocycles. The molecule has 90 valence electrons. The Morgan fingerprint density at radius 3 is 2.31 bits per heavy atom. The molecule has 0 aromatic heterocycles. The van der Waals surface area contributed by atoms with Gasteiger partial charge < -0.3 is 10.0 Å². The summed E-state index contributed by atoms with van der Waals surface area (Å²) < 4.78 is 0. The lowest BCUT2D eigenvalue weighted by Crippen LogP contribution is -2.43. The van der Waals surface area contributed by atoms with Crippen molar-refractivity contribution >= 4 is 11.9 Å². The molecule has 1 amide bonds. The smallest absolute Gasteiger partial charge is 0.317 e. The number of rotatable bonds is 6. The Labute approximate surface area is 96.0 Å². The molecule has 0 bridgehead atoms. The van der Waals surface area contributed by atoms with Crippen LogP contribution in [0.3, 0.4) is 0 Å². The van der Waals surface area contributed by atoms with Crippen LogP contribution >= 0.6 is 0 Å². The van der Waals surface area contributed by atoms with Crippen molar-refractivity contribution in [2.24, 2.45) is 0 Å². The molecule has 5 heteroatoms. The number of hydrogen-bond acceptors (Lipinski definition) is 3. The second kappa shape index (κ2) is 6.85. The zero-order valence-electron chi connectivity index (χ0n) is 9.93. The molecule has 1 N–H and O–H groups in total. The maximum Gasteiger partial charge on any atom is 0.317 e. The van der Waals surface area contributed by atoms with Crippen LogP contribution in [0.4, 0.5) is 0 Å². The molecular weight excluding hydrogens is 208 g/mol. The van der Waals surface area contributed by atoms with Crippen LogP contribution in [0.15, 0.2) is 0 Å². The highest BCUT2D eigenvalue weighted by molar-refractivity contribution is 5.79. The fourth-order valence-corrected chi connectivity index (χ4v) is 1.08. The molecule has 0 rings (SSSR count). The first-order chi connectivity index (χ1) is 7.38. The van der Waals surface area contributed by atoms with Gasteiger partial charge in [0.05, 0.1) is 19.6 Å². The first-order valence-corrected chi connectivity index (χ1v) is 5.01. The van der Waals surface area contributed by atoms with Gasteiger partial charge in [-0.2, -0.15) is 0 Å². The van der Waals surface area contributed by atoms with Gasteiger partial charge in [-0.1, -0.05) is 5.92 Å². The molecule has 0 unspecified atom stereocenters. The Morgan fingerprint density at radius 2 is 1.94 bits per heavy atom. The molecule has 5 nitrogen and oxygen atoms in total. The number of amides is 1. The number of likely N-dealkylation sites (N-methyl/N-ethyl adjacent to an activating group) is 1. The van der Waals surface area contributed by atoms with E-state index in [1.54, 1.807) is 11.9 Å². The standard InChI is InChI=1S/C11H18N2O3/c1-5-6-13(8-11(15)16)7-10(14)12(4)9(2)3/h1,9H,6-8H2,2-4H3,(H,15,16). The van der Waals surface area contributed by atoms with E-state index in [1.807, 2.05) is 13.8 Å². The molecule has 0 heterocycles. The Balaban J connectivity index is 4.34. The zero-order valence-corrected chi connectivity index (χ0v) is 9.93. The number of carboxylic acids is 1. The number of carbonyl (C=O) groups excluding carboxylic acids is 1. The number of aliphatic carboxylic acids is 1. The molecule has 16 heavy (non-hydrogen) atoms. The van der Waals surface area contributed by atoms with Crippen molar-refractivity contribution in [3.63, 3.8) is 0 Å². The average Bonchev–Trinajstić information content (AvgIpc) is 2.15. The highest BCUT2D eigenvalue weighted by Gasteiger charge is 2.17. The SMILES string of the molecule is C#CCN(CC(=O)O)CC(=O)N(C)C(C)C. The first-order valence-electron chi connectivity index (χ1n) is 5.01. The largest absolute Gasteiger partial charge is 0.480 e. The summed E-state index contributed by atoms with van der Waals surface area (Å²) >= 11 is 0. The predicted molar refractivity (Wildman–Crippen MR) is 60.8 cm³/mol. The minimum Gasteiger partial charge on any atom is -0.480 e. The van der Waals surface area contributed by atoms with E-state index in [-0.39, 0.29) is 31.6 Å². The van der Waals surface area contributed by atoms with E-state index in [1.165, 1.54) is 4.90 Å². The van der Waals surface area contributed by atoms with Crippen molar-refractivity contribution in [2.75, 3.05) is 26.7 Å². The van der Waals surface area contributed by atoms with Crippen LogP contribution < -0.4 is 0 Å². The summed E-state index contributed by atoms with van der Waals surface area (Å²) in [5, 5.41) is 8.64. The third-order valence-corrected chi connectivity index (χ3v) is 2.20. The number of carbonyl (C=O) groups is 2. The van der Waals surface area contributed by atoms with Crippen molar-refractivity contribution in [1.29, 1.82) is 0 Å². The van der Waals surface area contributed by atoms with Crippen LogP contribution in [-0.4, -0.2) is 59.5 Å². The maximum absolute atomic E-state index is 11.7. The first kappa shape index (κ1) is 14.5. The lowest BCUT2D eigenvalue weighted by molar-refractivity contribution is -0.139. The van der Waals surface area contributed by atoms with E-state index < -0.39 is 5.97 Å². The van der Waals surface area contributed by atoms with Crippen LogP contribution in [0.2, 0.25) is 0 Å². The molecule has 0 aromatic carbocycles. The monoisotopic (exact) mass is 226 g/mol. The van der Waals surface area contributed by atoms with Crippen LogP contribution in [0.25, 0.3) is 0 Å². The Kier molecular flexibility index (Phi) is 6.19. The number of terminal acetylenes is 1. The minimum absolute atomic E-state index is 0.0329. The van der Waals surface area contributed by atoms with Gasteiger partial charge in [-0.3, -0.25) is 14.5 Å². The maximum atomic E-state index is 11.7. The van der Waals surface area contributed by atoms with Gasteiger partial charge in [0.25, 0.3) is 0 Å². The second-order valence-electron chi connectivity index (χ2n) is 3.84. The van der Waals surface area contributed by atoms with Crippen molar-refractivity contribution in [2.45, 2.75) is 19.9 Å². The van der Waals surface area contributed by atoms with Gasteiger partial charge in [0.15, 0.2) is 0 Å². The molecule has 0 atom stereocenters. The summed E-state index contributed by atoms with van der Waals surface area (Å²) in [6.45, 7) is 3.75. The molecule has 0 aromatic rings. The number of nitrogens with zero attached hydrogens (tertiary/aromatic N) is 2. The number of hydrogen-bond donors (Lipinski definition) is 1. The van der Waals surface area contributed by atoms with Crippen LogP contribution in [0, 0.1) is 12.3 Å². The lowest BCUT2D eigenvalue weighted by atomic mass is 10.3. The molecule has 0 saturated carbocycles. The van der Waals surface area contributed by atoms with Crippen LogP contribution in [-0.2, 0) is 9.59 Å². The summed E-state index contributed by atoms with van der Waals surface area (Å²) in [6, 6.07) is 0.0880. The predicted octanol–water partition coefficient (Wildman–Crippen LogP) is -0.127. The van der Waals surface area contributed by atoms with Gasteiger partial charge in [-0.15, -0.1) is 6.42 Å². The molecule has 0 aliphatic carbocycles. The topological polar surface area (TPSA) is 60.9 Å². The highest BCUT2D eigenvalue weighted by atomic mass is 16.4. The summed E-state index contributed by atoms with van der Waals surface area (Å²) in [7, 11) is 1.68. The Hall–Kier alpha value is -1.54. The van der Waals surface area contributed by atoms with E-state index in [4.69, 9.17) is 11.5 Å². The van der Waals surface area contributed by atoms with E-state index in [9.17, 15) is 9.59 Å². The molecule has 0 radical (unpaired) electrons. The van der Waals surface area contributed by atoms with Gasteiger partial charge in [0.2, 0.25) is 5.91 Å². The molecule has 0 spiro atoms. The van der Waals surface area contributed by atoms with E-state index in [2.05, 4.69) is 5.92 Å². The van der Waals surface area contributed by atoms with Crippen molar-refractivity contribution in [1.82, 2.24) is 9.80 Å². The Morgan fingerprint density at radius 1 is 1.38 bits per heavy atom. The summed E-state index contributed by atoms with van der Waals surface area (Å²) in [6.07, 6.45) is 5.11. The molecule has 0 aliphatic rings. The fourth-order valence-electron chi connectivity index (χ4n) is 1.08. The van der Waals surface area contributed by atoms with Crippen LogP contribution in [0.1, 0.15) is 13.8 Å². The van der Waals surface area contributed by atoms with Gasteiger partial charge >= 0.3 is 5.97 Å². The van der Waals surface area contributed by atoms with E-state index >= 15 is 0 Å². The van der Waals surface area contributed by atoms with Gasteiger partial charge in [-0.05, 0) is 13.8 Å². The second-order valence-corrected chi connectivity index (χ2v) is 3.84.